The van der Waals surface area contributed by atoms with Crippen LogP contribution in [0.1, 0.15) is 33.1 Å². The second-order valence-corrected chi connectivity index (χ2v) is 11.3. The van der Waals surface area contributed by atoms with Crippen LogP contribution in [0.5, 0.6) is 0 Å². The van der Waals surface area contributed by atoms with Gasteiger partial charge in [-0.25, -0.2) is 12.8 Å². The molecule has 1 aliphatic rings. The Hall–Kier alpha value is -4.01. The van der Waals surface area contributed by atoms with Crippen molar-refractivity contribution in [2.75, 3.05) is 30.9 Å². The maximum absolute atomic E-state index is 13.6. The molecule has 1 heterocycles. The van der Waals surface area contributed by atoms with E-state index in [0.29, 0.717) is 26.2 Å². The average molecular weight is 544 g/mol. The number of para-hydroxylation sites is 1. The Morgan fingerprint density at radius 2 is 1.36 bits per heavy atom. The van der Waals surface area contributed by atoms with Crippen LogP contribution in [0.25, 0.3) is 0 Å². The predicted molar refractivity (Wildman–Crippen MR) is 151 cm³/mol. The van der Waals surface area contributed by atoms with Crippen LogP contribution in [-0.2, 0) is 10.0 Å². The number of anilines is 1. The van der Waals surface area contributed by atoms with Gasteiger partial charge >= 0.3 is 0 Å². The molecule has 200 valence electrons. The number of nitrogens with zero attached hydrogens (tertiary/aromatic N) is 2. The molecule has 4 aromatic rings. The van der Waals surface area contributed by atoms with Crippen molar-refractivity contribution in [3.05, 3.63) is 131 Å². The van der Waals surface area contributed by atoms with Gasteiger partial charge in [0.25, 0.3) is 15.9 Å². The molecule has 0 saturated carbocycles. The van der Waals surface area contributed by atoms with E-state index >= 15 is 0 Å². The SMILES string of the molecule is Cc1cc(F)ccc1S(=O)(=O)Nc1ccccc1C(=O)N1CCN(C(c2ccccc2)c2ccccc2)CC1. The lowest BCUT2D eigenvalue weighted by Gasteiger charge is -2.40. The van der Waals surface area contributed by atoms with Crippen molar-refractivity contribution < 1.29 is 17.6 Å². The number of hydrogen-bond acceptors (Lipinski definition) is 4. The fourth-order valence-corrected chi connectivity index (χ4v) is 6.42. The third-order valence-electron chi connectivity index (χ3n) is 7.03. The van der Waals surface area contributed by atoms with Crippen LogP contribution in [0.2, 0.25) is 0 Å². The van der Waals surface area contributed by atoms with E-state index in [1.54, 1.807) is 29.2 Å². The minimum absolute atomic E-state index is 0.0346. The van der Waals surface area contributed by atoms with Crippen molar-refractivity contribution in [2.45, 2.75) is 17.9 Å². The molecule has 0 aromatic heterocycles. The van der Waals surface area contributed by atoms with Gasteiger partial charge in [0.05, 0.1) is 22.2 Å². The topological polar surface area (TPSA) is 69.7 Å². The molecule has 8 heteroatoms. The first-order chi connectivity index (χ1) is 18.8. The third kappa shape index (κ3) is 5.87. The lowest BCUT2D eigenvalue weighted by Crippen LogP contribution is -2.50. The summed E-state index contributed by atoms with van der Waals surface area (Å²) in [5, 5.41) is 0. The molecular weight excluding hydrogens is 513 g/mol. The van der Waals surface area contributed by atoms with Gasteiger partial charge in [-0.3, -0.25) is 14.4 Å². The Morgan fingerprint density at radius 1 is 0.795 bits per heavy atom. The number of hydrogen-bond donors (Lipinski definition) is 1. The smallest absolute Gasteiger partial charge is 0.262 e. The van der Waals surface area contributed by atoms with Gasteiger partial charge in [0.2, 0.25) is 0 Å². The highest BCUT2D eigenvalue weighted by Crippen LogP contribution is 2.30. The van der Waals surface area contributed by atoms with E-state index in [4.69, 9.17) is 0 Å². The lowest BCUT2D eigenvalue weighted by molar-refractivity contribution is 0.0598. The Morgan fingerprint density at radius 3 is 1.95 bits per heavy atom. The zero-order chi connectivity index (χ0) is 27.4. The maximum atomic E-state index is 13.6. The number of carbonyl (C=O) groups is 1. The number of piperazine rings is 1. The van der Waals surface area contributed by atoms with E-state index in [-0.39, 0.29) is 33.7 Å². The first-order valence-corrected chi connectivity index (χ1v) is 14.3. The average Bonchev–Trinajstić information content (AvgIpc) is 2.94. The second-order valence-electron chi connectivity index (χ2n) is 9.61. The fourth-order valence-electron chi connectivity index (χ4n) is 5.11. The summed E-state index contributed by atoms with van der Waals surface area (Å²) in [4.78, 5) is 17.7. The molecule has 1 N–H and O–H groups in total. The highest BCUT2D eigenvalue weighted by Gasteiger charge is 2.30. The normalized spacial score (nSPS) is 14.4. The molecule has 1 saturated heterocycles. The van der Waals surface area contributed by atoms with Gasteiger partial charge in [0.1, 0.15) is 5.82 Å². The van der Waals surface area contributed by atoms with Gasteiger partial charge in [0.15, 0.2) is 0 Å². The van der Waals surface area contributed by atoms with Crippen LogP contribution in [0.3, 0.4) is 0 Å². The summed E-state index contributed by atoms with van der Waals surface area (Å²) in [5.74, 6) is -0.748. The van der Waals surface area contributed by atoms with Crippen LogP contribution in [0.15, 0.2) is 108 Å². The van der Waals surface area contributed by atoms with Crippen molar-refractivity contribution in [1.82, 2.24) is 9.80 Å². The molecule has 4 aromatic carbocycles. The van der Waals surface area contributed by atoms with Crippen LogP contribution >= 0.6 is 0 Å². The minimum Gasteiger partial charge on any atom is -0.336 e. The minimum atomic E-state index is -4.02. The maximum Gasteiger partial charge on any atom is 0.262 e. The standard InChI is InChI=1S/C31H30FN3O3S/c1-23-22-26(32)16-17-29(23)39(37,38)33-28-15-9-8-14-27(28)31(36)35-20-18-34(19-21-35)30(24-10-4-2-5-11-24)25-12-6-3-7-13-25/h2-17,22,30,33H,18-21H2,1H3. The van der Waals surface area contributed by atoms with Crippen LogP contribution in [0, 0.1) is 12.7 Å². The molecule has 0 atom stereocenters. The molecule has 0 spiro atoms. The second kappa shape index (κ2) is 11.4. The summed E-state index contributed by atoms with van der Waals surface area (Å²) >= 11 is 0. The summed E-state index contributed by atoms with van der Waals surface area (Å²) in [7, 11) is -4.02. The number of carbonyl (C=O) groups excluding carboxylic acids is 1. The molecule has 0 bridgehead atoms. The summed E-state index contributed by atoms with van der Waals surface area (Å²) in [6.45, 7) is 3.89. The summed E-state index contributed by atoms with van der Waals surface area (Å²) in [6.07, 6.45) is 0. The van der Waals surface area contributed by atoms with Crippen molar-refractivity contribution >= 4 is 21.6 Å². The number of aryl methyl sites for hydroxylation is 1. The van der Waals surface area contributed by atoms with E-state index in [9.17, 15) is 17.6 Å². The molecule has 39 heavy (non-hydrogen) atoms. The Balaban J connectivity index is 1.34. The summed E-state index contributed by atoms with van der Waals surface area (Å²) in [5.41, 5.74) is 3.14. The zero-order valence-corrected chi connectivity index (χ0v) is 22.4. The molecule has 1 fully saturated rings. The van der Waals surface area contributed by atoms with Gasteiger partial charge < -0.3 is 4.90 Å². The van der Waals surface area contributed by atoms with Crippen LogP contribution < -0.4 is 4.72 Å². The summed E-state index contributed by atoms with van der Waals surface area (Å²) < 4.78 is 42.3. The van der Waals surface area contributed by atoms with E-state index < -0.39 is 15.8 Å². The van der Waals surface area contributed by atoms with Crippen LogP contribution in [0.4, 0.5) is 10.1 Å². The van der Waals surface area contributed by atoms with Gasteiger partial charge in [-0.15, -0.1) is 0 Å². The van der Waals surface area contributed by atoms with Crippen molar-refractivity contribution in [2.24, 2.45) is 0 Å². The van der Waals surface area contributed by atoms with Gasteiger partial charge in [-0.2, -0.15) is 0 Å². The number of rotatable bonds is 7. The molecule has 0 aliphatic carbocycles. The van der Waals surface area contributed by atoms with Gasteiger partial charge in [-0.1, -0.05) is 72.8 Å². The van der Waals surface area contributed by atoms with Gasteiger partial charge in [0, 0.05) is 26.2 Å². The highest BCUT2D eigenvalue weighted by atomic mass is 32.2. The monoisotopic (exact) mass is 543 g/mol. The first kappa shape index (κ1) is 26.6. The quantitative estimate of drug-likeness (QED) is 0.335. The van der Waals surface area contributed by atoms with E-state index in [1.807, 2.05) is 36.4 Å². The fraction of sp³-hybridized carbons (Fsp3) is 0.194. The number of sulfonamides is 1. The Labute approximate surface area is 228 Å². The van der Waals surface area contributed by atoms with E-state index in [2.05, 4.69) is 33.9 Å². The van der Waals surface area contributed by atoms with Crippen molar-refractivity contribution in [1.29, 1.82) is 0 Å². The predicted octanol–water partition coefficient (Wildman–Crippen LogP) is 5.48. The van der Waals surface area contributed by atoms with Crippen molar-refractivity contribution in [3.8, 4) is 0 Å². The zero-order valence-electron chi connectivity index (χ0n) is 21.6. The van der Waals surface area contributed by atoms with Crippen molar-refractivity contribution in [3.63, 3.8) is 0 Å². The molecule has 1 aliphatic heterocycles. The van der Waals surface area contributed by atoms with Crippen LogP contribution in [-0.4, -0.2) is 50.3 Å². The van der Waals surface area contributed by atoms with Gasteiger partial charge in [-0.05, 0) is 53.9 Å². The number of nitrogens with one attached hydrogen (secondary N) is 1. The number of benzene rings is 4. The molecular formula is C31H30FN3O3S. The third-order valence-corrected chi connectivity index (χ3v) is 8.55. The first-order valence-electron chi connectivity index (χ1n) is 12.8. The van der Waals surface area contributed by atoms with E-state index in [1.165, 1.54) is 30.2 Å². The highest BCUT2D eigenvalue weighted by molar-refractivity contribution is 7.92. The largest absolute Gasteiger partial charge is 0.336 e. The molecule has 5 rings (SSSR count). The summed E-state index contributed by atoms with van der Waals surface area (Å²) in [6, 6.07) is 30.8. The Kier molecular flexibility index (Phi) is 7.77. The number of halogens is 1. The van der Waals surface area contributed by atoms with E-state index in [0.717, 1.165) is 6.07 Å². The molecule has 1 amide bonds. The Bertz CT molecular complexity index is 1520. The molecule has 0 radical (unpaired) electrons. The number of amides is 1. The lowest BCUT2D eigenvalue weighted by atomic mass is 9.96. The molecule has 0 unspecified atom stereocenters. The molecule has 6 nitrogen and oxygen atoms in total.